The highest BCUT2D eigenvalue weighted by molar-refractivity contribution is 5.85. The minimum Gasteiger partial charge on any atom is -0.390 e. The van der Waals surface area contributed by atoms with Crippen LogP contribution in [0.1, 0.15) is 310 Å². The number of carbonyl (C=O) groups excluding carboxylic acids is 4. The summed E-state index contributed by atoms with van der Waals surface area (Å²) in [4.78, 5) is 67.6. The molecule has 23 heteroatoms. The quantitative estimate of drug-likeness (QED) is 0.0859. The number of aromatic nitrogens is 8. The summed E-state index contributed by atoms with van der Waals surface area (Å²) in [5.41, 5.74) is -1.19. The first-order chi connectivity index (χ1) is 61.7. The molecule has 0 bridgehead atoms. The minimum atomic E-state index is -0.781. The Labute approximate surface area is 799 Å². The zero-order chi connectivity index (χ0) is 91.5. The molecular weight excluding hydrogens is 1680 g/mol. The van der Waals surface area contributed by atoms with E-state index in [-0.39, 0.29) is 130 Å². The molecule has 4 aromatic heterocycles. The number of Topliss-reactive ketones (excluding diaryl/α,β-unsaturated/α-hetero) is 4. The number of aliphatic hydroxyl groups is 4. The summed E-state index contributed by atoms with van der Waals surface area (Å²) in [6.45, 7) is 50.7. The molecule has 0 saturated heterocycles. The van der Waals surface area contributed by atoms with E-state index in [2.05, 4.69) is 67.5 Å². The van der Waals surface area contributed by atoms with Crippen LogP contribution in [0.25, 0.3) is 19.4 Å². The second kappa shape index (κ2) is 36.3. The molecule has 0 spiro atoms. The number of rotatable bonds is 14. The smallest absolute Gasteiger partial charge is 0.259 e. The lowest BCUT2D eigenvalue weighted by molar-refractivity contribution is -0.137. The van der Waals surface area contributed by atoms with Crippen molar-refractivity contribution in [2.45, 2.75) is 365 Å². The Morgan fingerprint density at radius 2 is 0.769 bits per heavy atom. The normalized spacial score (nSPS) is 46.1. The van der Waals surface area contributed by atoms with Gasteiger partial charge in [-0.15, -0.1) is 0 Å². The predicted octanol–water partition coefficient (Wildman–Crippen LogP) is 22.7. The Balaban J connectivity index is 0.000000129. The molecular formula is C111H162F2N12O9. The van der Waals surface area contributed by atoms with Gasteiger partial charge in [-0.1, -0.05) is 57.4 Å². The standard InChI is InChI=1S/C29H41N3O2.2C26H34FN3O2.C26H37N3O3.4CH4/c1-27(2,30-5)18-14-31-32(15-18)16-24(33)26-23-12-22(23)25-21-7-6-17-13-28(3,34)10-8-19(17)20(21)9-11-29(25,26)4;1-25(32)8-6-15-14(11-25)4-5-17-16(15)7-9-26(2)22(17)18-10-19(18)23(26)21(31)13-30-12-20(28-3)24(27)29-30;1-25(32)8-6-15-14(11-25)4-5-17-16(15)7-9-26(2)22(17)18-10-19(18)23(26)21(31)13-30-24(27)20(28-3)12-29-30;1-25(31)9-7-18-16(12-25)5-6-20-19(18)8-10-26(2)21(11-23(32-4)24(20)26)22(30)15-29-14-17(27-3)13-28-29;;;;/h14-15,17,19-23,25-26,34H,6-13,16H2,1-4H3;2*12,14-19,22-23,32H,4-11,13H2,1-2H3;13-14,16,18-21,23-24,31H,5-12,15H2,1-2,4H3;4*1H4/t17-,19+,20-,21-,22-,23+,25-,26-,28-,29+;2*14-,15+,16-,17-,18-,19+,22-,23-,25-,26+;16-,18+,19-,20-,21-,23?,24-,25-,26-;;;;/m1111..../s1. The van der Waals surface area contributed by atoms with Crippen molar-refractivity contribution in [2.75, 3.05) is 7.11 Å². The van der Waals surface area contributed by atoms with Crippen LogP contribution in [-0.4, -0.2) is 118 Å². The number of methoxy groups -OCH3 is 1. The topological polar surface area (TPSA) is 247 Å². The van der Waals surface area contributed by atoms with E-state index >= 15 is 0 Å². The Bertz CT molecular complexity index is 5190. The molecule has 734 valence electrons. The van der Waals surface area contributed by atoms with E-state index in [9.17, 15) is 48.4 Å². The lowest BCUT2D eigenvalue weighted by Gasteiger charge is -2.57. The van der Waals surface area contributed by atoms with Gasteiger partial charge >= 0.3 is 0 Å². The van der Waals surface area contributed by atoms with Crippen LogP contribution in [0.3, 0.4) is 0 Å². The Kier molecular flexibility index (Phi) is 27.2. The summed E-state index contributed by atoms with van der Waals surface area (Å²) in [5, 5.41) is 59.0. The lowest BCUT2D eigenvalue weighted by Crippen LogP contribution is -2.52. The van der Waals surface area contributed by atoms with Gasteiger partial charge in [0, 0.05) is 63.2 Å². The third-order valence-electron chi connectivity index (χ3n) is 42.3. The Morgan fingerprint density at radius 1 is 0.403 bits per heavy atom. The summed E-state index contributed by atoms with van der Waals surface area (Å²) in [6.07, 6.45) is 45.5. The zero-order valence-electron chi connectivity index (χ0n) is 79.3. The molecule has 4 heterocycles. The number of carbonyl (C=O) groups is 4. The number of fused-ring (bicyclic) bond motifs is 26. The molecule has 21 nitrogen and oxygen atoms in total. The van der Waals surface area contributed by atoms with E-state index in [0.29, 0.717) is 113 Å². The van der Waals surface area contributed by atoms with Crippen LogP contribution in [0.5, 0.6) is 0 Å². The molecule has 39 atom stereocenters. The summed E-state index contributed by atoms with van der Waals surface area (Å²) in [7, 11) is 1.82. The van der Waals surface area contributed by atoms with Gasteiger partial charge in [-0.25, -0.2) is 25.8 Å². The number of ketones is 4. The third-order valence-corrected chi connectivity index (χ3v) is 42.3. The highest BCUT2D eigenvalue weighted by Crippen LogP contribution is 2.79. The number of ether oxygens (including phenoxy) is 1. The van der Waals surface area contributed by atoms with Gasteiger partial charge in [0.2, 0.25) is 17.6 Å². The lowest BCUT2D eigenvalue weighted by atomic mass is 9.48. The predicted molar refractivity (Wildman–Crippen MR) is 512 cm³/mol. The van der Waals surface area contributed by atoms with Crippen molar-refractivity contribution >= 4 is 40.2 Å². The Hall–Kier alpha value is -6.86. The average molecular weight is 1850 g/mol. The van der Waals surface area contributed by atoms with Gasteiger partial charge in [0.05, 0.1) is 92.0 Å². The maximum atomic E-state index is 14.4. The van der Waals surface area contributed by atoms with E-state index < -0.39 is 39.8 Å². The SMILES string of the molecule is C.C.C.C.[C-]#[N+]C(C)(C)c1cnn(CC(=O)[C@H]2[C@H]3C[C@H]3[C@H]3[C@@H]4CC[C@@H]5C[C@](C)(O)CC[C@@H]5[C@H]4CC[C@@]32C)c1.[C-]#[N+]c1cn(CC(=O)[C@H]2[C@H]3C[C@H]3[C@H]3[C@@H]4CC[C@@H]5C[C@](C)(O)CC[C@@H]5[C@H]4CC[C@@]32C)nc1F.[C-]#[N+]c1cnn(CC(=O)[C@H]2CC(OC)[C@H]3[C@@H]4CC[C@@H]5C[C@](C)(O)CC[C@@H]5[C@H]4CC[C@]23C)c1.[C-]#[N+]c1cnn(CC(=O)[C@H]2[C@H]3C[C@H]3[C@H]3[C@@H]4CC[C@@H]5C[C@](C)(O)CC[C@@H]5[C@H]4CC[C@@]32C)c1F. The minimum absolute atomic E-state index is 0. The van der Waals surface area contributed by atoms with E-state index in [1.54, 1.807) is 21.8 Å². The summed E-state index contributed by atoms with van der Waals surface area (Å²) >= 11 is 0. The van der Waals surface area contributed by atoms with Crippen LogP contribution in [0.4, 0.5) is 25.8 Å². The fraction of sp³-hybridized carbons (Fsp3) is 0.820. The van der Waals surface area contributed by atoms with Gasteiger partial charge in [0.25, 0.3) is 16.9 Å². The van der Waals surface area contributed by atoms with Crippen molar-refractivity contribution in [1.82, 2.24) is 39.1 Å². The van der Waals surface area contributed by atoms with Crippen LogP contribution in [0.2, 0.25) is 0 Å². The molecule has 23 rings (SSSR count). The van der Waals surface area contributed by atoms with Crippen molar-refractivity contribution in [3.8, 4) is 0 Å². The molecule has 0 amide bonds. The highest BCUT2D eigenvalue weighted by Gasteiger charge is 2.75. The monoisotopic (exact) mass is 1850 g/mol. The van der Waals surface area contributed by atoms with Crippen molar-refractivity contribution in [2.24, 2.45) is 199 Å². The fourth-order valence-electron chi connectivity index (χ4n) is 37.3. The summed E-state index contributed by atoms with van der Waals surface area (Å²) in [6, 6.07) is 0. The molecule has 0 aromatic carbocycles. The van der Waals surface area contributed by atoms with Crippen molar-refractivity contribution in [3.63, 3.8) is 0 Å². The van der Waals surface area contributed by atoms with Gasteiger partial charge in [-0.3, -0.25) is 33.2 Å². The maximum absolute atomic E-state index is 14.4. The first-order valence-corrected chi connectivity index (χ1v) is 51.3. The molecule has 19 aliphatic carbocycles. The van der Waals surface area contributed by atoms with E-state index in [4.69, 9.17) is 31.0 Å². The second-order valence-electron chi connectivity index (χ2n) is 49.9. The molecule has 19 fully saturated rings. The van der Waals surface area contributed by atoms with Crippen molar-refractivity contribution in [3.05, 3.63) is 100 Å². The van der Waals surface area contributed by atoms with Crippen LogP contribution < -0.4 is 0 Å². The van der Waals surface area contributed by atoms with Gasteiger partial charge < -0.3 is 30.0 Å². The van der Waals surface area contributed by atoms with Gasteiger partial charge in [-0.2, -0.15) is 29.2 Å². The molecule has 0 aliphatic heterocycles. The van der Waals surface area contributed by atoms with Crippen LogP contribution in [-0.2, 0) is 55.6 Å². The van der Waals surface area contributed by atoms with Crippen LogP contribution in [0.15, 0.2) is 37.2 Å². The van der Waals surface area contributed by atoms with Crippen LogP contribution in [0, 0.1) is 237 Å². The van der Waals surface area contributed by atoms with Gasteiger partial charge in [0.1, 0.15) is 6.54 Å². The number of halogens is 2. The fourth-order valence-corrected chi connectivity index (χ4v) is 37.3. The van der Waals surface area contributed by atoms with Gasteiger partial charge in [-0.05, 0) is 409 Å². The zero-order valence-corrected chi connectivity index (χ0v) is 79.3. The Morgan fingerprint density at radius 3 is 1.14 bits per heavy atom. The highest BCUT2D eigenvalue weighted by atomic mass is 19.1. The first kappa shape index (κ1) is 100. The van der Waals surface area contributed by atoms with Gasteiger partial charge in [0.15, 0.2) is 23.1 Å². The molecule has 4 aromatic rings. The average Bonchev–Trinajstić information content (AvgIpc) is 1.52. The maximum Gasteiger partial charge on any atom is 0.259 e. The largest absolute Gasteiger partial charge is 0.390 e. The van der Waals surface area contributed by atoms with Crippen LogP contribution >= 0.6 is 0 Å². The van der Waals surface area contributed by atoms with E-state index in [1.807, 2.05) is 54.8 Å². The number of nitrogens with zero attached hydrogens (tertiary/aromatic N) is 12. The number of hydrogen-bond acceptors (Lipinski definition) is 13. The molecule has 19 aliphatic rings. The molecule has 19 saturated carbocycles. The van der Waals surface area contributed by atoms with E-state index in [0.717, 1.165) is 172 Å². The van der Waals surface area contributed by atoms with Crippen molar-refractivity contribution < 1.29 is 53.1 Å². The first-order valence-electron chi connectivity index (χ1n) is 51.3. The van der Waals surface area contributed by atoms with Crippen molar-refractivity contribution in [1.29, 1.82) is 0 Å². The third kappa shape index (κ3) is 17.2. The van der Waals surface area contributed by atoms with E-state index in [1.165, 1.54) is 126 Å². The summed E-state index contributed by atoms with van der Waals surface area (Å²) < 4.78 is 40.0. The molecule has 134 heavy (non-hydrogen) atoms. The molecule has 4 N–H and O–H groups in total. The summed E-state index contributed by atoms with van der Waals surface area (Å²) in [5.74, 6) is 17.3. The molecule has 1 unspecified atom stereocenters. The second-order valence-corrected chi connectivity index (χ2v) is 49.9. The number of hydrogen-bond donors (Lipinski definition) is 4. The molecule has 0 radical (unpaired) electrons.